The van der Waals surface area contributed by atoms with Crippen LogP contribution in [0.25, 0.3) is 0 Å². The highest BCUT2D eigenvalue weighted by molar-refractivity contribution is 5.71. The summed E-state index contributed by atoms with van der Waals surface area (Å²) in [6.07, 6.45) is 93.0. The number of carbonyl (C=O) groups is 3. The summed E-state index contributed by atoms with van der Waals surface area (Å²) in [5.74, 6) is -0.940. The molecule has 0 radical (unpaired) electrons. The summed E-state index contributed by atoms with van der Waals surface area (Å²) in [7, 11) is 0. The third-order valence-electron chi connectivity index (χ3n) is 15.1. The Morgan fingerprint density at radius 2 is 0.494 bits per heavy atom. The molecule has 0 fully saturated rings. The molecule has 0 heterocycles. The van der Waals surface area contributed by atoms with Gasteiger partial charge in [-0.05, 0) is 96.3 Å². The molecule has 6 heteroatoms. The van der Waals surface area contributed by atoms with Crippen molar-refractivity contribution in [2.45, 2.75) is 348 Å². The first-order valence-electron chi connectivity index (χ1n) is 34.7. The van der Waals surface area contributed by atoms with Crippen LogP contribution < -0.4 is 0 Å². The molecule has 0 amide bonds. The van der Waals surface area contributed by atoms with Gasteiger partial charge < -0.3 is 14.2 Å². The highest BCUT2D eigenvalue weighted by Gasteiger charge is 2.19. The zero-order valence-electron chi connectivity index (χ0n) is 53.5. The molecule has 0 rings (SSSR count). The van der Waals surface area contributed by atoms with Gasteiger partial charge in [-0.2, -0.15) is 0 Å². The van der Waals surface area contributed by atoms with Crippen molar-refractivity contribution < 1.29 is 28.6 Å². The molecule has 1 atom stereocenters. The Labute approximate surface area is 502 Å². The number of ether oxygens (including phenoxy) is 3. The normalized spacial score (nSPS) is 12.7. The number of carbonyl (C=O) groups excluding carboxylic acids is 3. The van der Waals surface area contributed by atoms with Crippen LogP contribution in [-0.4, -0.2) is 37.2 Å². The minimum absolute atomic E-state index is 0.0963. The van der Waals surface area contributed by atoms with Gasteiger partial charge in [0.2, 0.25) is 0 Å². The van der Waals surface area contributed by atoms with Crippen molar-refractivity contribution in [1.29, 1.82) is 0 Å². The van der Waals surface area contributed by atoms with E-state index in [4.69, 9.17) is 14.2 Å². The van der Waals surface area contributed by atoms with E-state index in [1.54, 1.807) is 0 Å². The summed E-state index contributed by atoms with van der Waals surface area (Å²) in [6, 6.07) is 0. The molecule has 0 aromatic rings. The van der Waals surface area contributed by atoms with Crippen molar-refractivity contribution in [3.63, 3.8) is 0 Å². The van der Waals surface area contributed by atoms with Crippen molar-refractivity contribution in [1.82, 2.24) is 0 Å². The minimum Gasteiger partial charge on any atom is -0.462 e. The largest absolute Gasteiger partial charge is 0.462 e. The zero-order chi connectivity index (χ0) is 58.5. The SMILES string of the molecule is CC/C=C\C/C=C\C/C=C\C/C=C\C/C=C\CCCC(=O)OC(COC(=O)CCCCCCCCCCCCCCCCC)COC(=O)CCCCCCCCCCCCCCCCCC/C=C\C/C=C\C/C=C\CCCCCCC. The van der Waals surface area contributed by atoms with Crippen molar-refractivity contribution in [3.8, 4) is 0 Å². The third kappa shape index (κ3) is 67.0. The maximum Gasteiger partial charge on any atom is 0.306 e. The molecule has 0 saturated heterocycles. The Bertz CT molecular complexity index is 1580. The summed E-state index contributed by atoms with van der Waals surface area (Å²) in [6.45, 7) is 6.51. The lowest BCUT2D eigenvalue weighted by molar-refractivity contribution is -0.167. The first-order chi connectivity index (χ1) is 40.0. The molecule has 0 aliphatic heterocycles. The molecule has 0 aliphatic carbocycles. The fourth-order valence-corrected chi connectivity index (χ4v) is 9.90. The predicted molar refractivity (Wildman–Crippen MR) is 353 cm³/mol. The molecule has 0 N–H and O–H groups in total. The molecule has 6 nitrogen and oxygen atoms in total. The maximum absolute atomic E-state index is 12.9. The fraction of sp³-hybridized carbons (Fsp3) is 0.747. The van der Waals surface area contributed by atoms with Crippen LogP contribution in [0.4, 0.5) is 0 Å². The van der Waals surface area contributed by atoms with E-state index in [2.05, 4.69) is 118 Å². The molecule has 0 aromatic carbocycles. The zero-order valence-corrected chi connectivity index (χ0v) is 53.5. The van der Waals surface area contributed by atoms with Crippen LogP contribution in [0.1, 0.15) is 342 Å². The second-order valence-corrected chi connectivity index (χ2v) is 23.1. The van der Waals surface area contributed by atoms with E-state index in [0.717, 1.165) is 89.9 Å². The number of allylic oxidation sites excluding steroid dienone is 16. The summed E-state index contributed by atoms with van der Waals surface area (Å²) >= 11 is 0. The molecular weight excluding hydrogens is 997 g/mol. The van der Waals surface area contributed by atoms with Gasteiger partial charge in [0, 0.05) is 19.3 Å². The molecule has 466 valence electrons. The standard InChI is InChI=1S/C75H130O6/c1-4-7-10-13-16-19-22-25-28-30-31-32-33-34-35-36-37-38-39-40-41-42-43-45-47-50-53-56-59-62-65-68-74(77)80-71-72(70-79-73(76)67-64-61-58-55-52-49-46-27-24-21-18-15-12-9-6-3)81-75(78)69-66-63-60-57-54-51-48-44-29-26-23-20-17-14-11-8-5-2/h8,11,17,20,22,25-26,29-31,33-34,48,51,57,60,72H,4-7,9-10,12-16,18-19,21,23-24,27-28,32,35-47,49-50,52-56,58-59,61-71H2,1-3H3/b11-8-,20-17-,25-22-,29-26-,31-30-,34-33-,51-48-,60-57-. The average molecular weight is 1130 g/mol. The first kappa shape index (κ1) is 77.3. The monoisotopic (exact) mass is 1130 g/mol. The average Bonchev–Trinajstić information content (AvgIpc) is 3.47. The van der Waals surface area contributed by atoms with Gasteiger partial charge in [0.15, 0.2) is 6.10 Å². The van der Waals surface area contributed by atoms with Crippen LogP contribution in [0.2, 0.25) is 0 Å². The fourth-order valence-electron chi connectivity index (χ4n) is 9.90. The van der Waals surface area contributed by atoms with Crippen molar-refractivity contribution >= 4 is 17.9 Å². The van der Waals surface area contributed by atoms with Crippen molar-refractivity contribution in [2.24, 2.45) is 0 Å². The molecule has 81 heavy (non-hydrogen) atoms. The lowest BCUT2D eigenvalue weighted by atomic mass is 10.0. The van der Waals surface area contributed by atoms with Gasteiger partial charge in [-0.1, -0.05) is 323 Å². The van der Waals surface area contributed by atoms with Gasteiger partial charge >= 0.3 is 17.9 Å². The molecular formula is C75H130O6. The number of rotatable bonds is 63. The number of hydrogen-bond acceptors (Lipinski definition) is 6. The van der Waals surface area contributed by atoms with E-state index < -0.39 is 6.10 Å². The van der Waals surface area contributed by atoms with Gasteiger partial charge in [-0.15, -0.1) is 0 Å². The number of unbranched alkanes of at least 4 members (excludes halogenated alkanes) is 36. The van der Waals surface area contributed by atoms with Crippen LogP contribution in [0.15, 0.2) is 97.2 Å². The molecule has 1 unspecified atom stereocenters. The van der Waals surface area contributed by atoms with Gasteiger partial charge in [0.1, 0.15) is 13.2 Å². The van der Waals surface area contributed by atoms with E-state index in [1.807, 2.05) is 0 Å². The lowest BCUT2D eigenvalue weighted by Gasteiger charge is -2.18. The van der Waals surface area contributed by atoms with Gasteiger partial charge in [-0.25, -0.2) is 0 Å². The molecule has 0 aromatic heterocycles. The molecule has 0 bridgehead atoms. The molecule has 0 spiro atoms. The summed E-state index contributed by atoms with van der Waals surface area (Å²) in [5, 5.41) is 0. The maximum atomic E-state index is 12.9. The van der Waals surface area contributed by atoms with Crippen LogP contribution >= 0.6 is 0 Å². The van der Waals surface area contributed by atoms with E-state index in [-0.39, 0.29) is 37.5 Å². The predicted octanol–water partition coefficient (Wildman–Crippen LogP) is 24.0. The van der Waals surface area contributed by atoms with E-state index >= 15 is 0 Å². The summed E-state index contributed by atoms with van der Waals surface area (Å²) in [4.78, 5) is 38.4. The summed E-state index contributed by atoms with van der Waals surface area (Å²) < 4.78 is 16.9. The van der Waals surface area contributed by atoms with E-state index in [9.17, 15) is 14.4 Å². The van der Waals surface area contributed by atoms with Crippen molar-refractivity contribution in [3.05, 3.63) is 97.2 Å². The summed E-state index contributed by atoms with van der Waals surface area (Å²) in [5.41, 5.74) is 0. The van der Waals surface area contributed by atoms with Gasteiger partial charge in [0.25, 0.3) is 0 Å². The Balaban J connectivity index is 4.27. The molecule has 0 saturated carbocycles. The second-order valence-electron chi connectivity index (χ2n) is 23.1. The highest BCUT2D eigenvalue weighted by atomic mass is 16.6. The second kappa shape index (κ2) is 68.8. The molecule has 0 aliphatic rings. The quantitative estimate of drug-likeness (QED) is 0.0261. The Hall–Kier alpha value is -3.67. The topological polar surface area (TPSA) is 78.9 Å². The van der Waals surface area contributed by atoms with Crippen LogP contribution in [0, 0.1) is 0 Å². The van der Waals surface area contributed by atoms with Gasteiger partial charge in [-0.3, -0.25) is 14.4 Å². The number of hydrogen-bond donors (Lipinski definition) is 0. The lowest BCUT2D eigenvalue weighted by Crippen LogP contribution is -2.30. The first-order valence-corrected chi connectivity index (χ1v) is 34.7. The third-order valence-corrected chi connectivity index (χ3v) is 15.1. The van der Waals surface area contributed by atoms with E-state index in [0.29, 0.717) is 19.3 Å². The van der Waals surface area contributed by atoms with Crippen LogP contribution in [0.3, 0.4) is 0 Å². The van der Waals surface area contributed by atoms with Crippen molar-refractivity contribution in [2.75, 3.05) is 13.2 Å². The Kier molecular flexibility index (Phi) is 65.7. The smallest absolute Gasteiger partial charge is 0.306 e. The van der Waals surface area contributed by atoms with Gasteiger partial charge in [0.05, 0.1) is 0 Å². The Morgan fingerprint density at radius 3 is 0.790 bits per heavy atom. The van der Waals surface area contributed by atoms with Crippen LogP contribution in [0.5, 0.6) is 0 Å². The highest BCUT2D eigenvalue weighted by Crippen LogP contribution is 2.17. The van der Waals surface area contributed by atoms with E-state index in [1.165, 1.54) is 205 Å². The number of esters is 3. The van der Waals surface area contributed by atoms with Crippen LogP contribution in [-0.2, 0) is 28.6 Å². The Morgan fingerprint density at radius 1 is 0.259 bits per heavy atom. The minimum atomic E-state index is -0.807.